The van der Waals surface area contributed by atoms with Gasteiger partial charge in [0.05, 0.1) is 14.2 Å². The number of piperazine rings is 1. The predicted molar refractivity (Wildman–Crippen MR) is 113 cm³/mol. The van der Waals surface area contributed by atoms with Crippen molar-refractivity contribution in [1.82, 2.24) is 14.8 Å². The van der Waals surface area contributed by atoms with E-state index in [1.807, 2.05) is 6.07 Å². The van der Waals surface area contributed by atoms with Gasteiger partial charge in [-0.2, -0.15) is 0 Å². The number of rotatable bonds is 7. The van der Waals surface area contributed by atoms with E-state index in [1.54, 1.807) is 14.2 Å². The van der Waals surface area contributed by atoms with Crippen LogP contribution >= 0.6 is 0 Å². The monoisotopic (exact) mass is 379 g/mol. The number of hydrogen-bond acceptors (Lipinski definition) is 4. The minimum atomic E-state index is 0.762. The normalized spacial score (nSPS) is 15.8. The fourth-order valence-electron chi connectivity index (χ4n) is 4.00. The second-order valence-corrected chi connectivity index (χ2v) is 7.42. The molecule has 0 saturated carbocycles. The summed E-state index contributed by atoms with van der Waals surface area (Å²) in [6.07, 6.45) is 3.16. The number of ether oxygens (including phenoxy) is 2. The highest BCUT2D eigenvalue weighted by Crippen LogP contribution is 2.33. The van der Waals surface area contributed by atoms with Gasteiger partial charge in [0, 0.05) is 62.4 Å². The molecule has 1 aliphatic heterocycles. The molecule has 2 aromatic carbocycles. The van der Waals surface area contributed by atoms with Crippen molar-refractivity contribution >= 4 is 10.9 Å². The first-order valence-corrected chi connectivity index (χ1v) is 9.97. The van der Waals surface area contributed by atoms with Crippen molar-refractivity contribution in [2.24, 2.45) is 0 Å². The second-order valence-electron chi connectivity index (χ2n) is 7.42. The van der Waals surface area contributed by atoms with E-state index in [2.05, 4.69) is 57.4 Å². The van der Waals surface area contributed by atoms with Crippen molar-refractivity contribution in [3.63, 3.8) is 0 Å². The van der Waals surface area contributed by atoms with Gasteiger partial charge >= 0.3 is 0 Å². The number of nitrogens with one attached hydrogen (secondary N) is 1. The third kappa shape index (κ3) is 4.16. The Hall–Kier alpha value is -2.50. The van der Waals surface area contributed by atoms with Gasteiger partial charge in [0.1, 0.15) is 0 Å². The number of methoxy groups -OCH3 is 2. The summed E-state index contributed by atoms with van der Waals surface area (Å²) in [7, 11) is 3.36. The Labute approximate surface area is 166 Å². The topological polar surface area (TPSA) is 40.7 Å². The standard InChI is InChI=1S/C23H29N3O2/c1-27-22-14-20-19(16-24-21(20)15-23(22)28-2)8-9-25-10-12-26(13-11-25)17-18-6-4-3-5-7-18/h3-7,14-16,24H,8-13,17H2,1-2H3. The average Bonchev–Trinajstić information content (AvgIpc) is 3.14. The van der Waals surface area contributed by atoms with Crippen LogP contribution in [-0.4, -0.2) is 61.7 Å². The Morgan fingerprint density at radius 2 is 1.57 bits per heavy atom. The SMILES string of the molecule is COc1cc2[nH]cc(CCN3CCN(Cc4ccccc4)CC3)c2cc1OC. The van der Waals surface area contributed by atoms with Crippen molar-refractivity contribution in [3.05, 3.63) is 59.8 Å². The first-order valence-electron chi connectivity index (χ1n) is 9.97. The van der Waals surface area contributed by atoms with Crippen LogP contribution in [0.2, 0.25) is 0 Å². The van der Waals surface area contributed by atoms with Gasteiger partial charge in [-0.15, -0.1) is 0 Å². The van der Waals surface area contributed by atoms with Gasteiger partial charge < -0.3 is 19.4 Å². The third-order valence-corrected chi connectivity index (χ3v) is 5.68. The molecule has 0 radical (unpaired) electrons. The van der Waals surface area contributed by atoms with Crippen LogP contribution < -0.4 is 9.47 Å². The minimum Gasteiger partial charge on any atom is -0.493 e. The quantitative estimate of drug-likeness (QED) is 0.682. The van der Waals surface area contributed by atoms with Crippen LogP contribution in [0.4, 0.5) is 0 Å². The molecule has 5 nitrogen and oxygen atoms in total. The summed E-state index contributed by atoms with van der Waals surface area (Å²) >= 11 is 0. The average molecular weight is 380 g/mol. The fraction of sp³-hybridized carbons (Fsp3) is 0.391. The number of hydrogen-bond donors (Lipinski definition) is 1. The van der Waals surface area contributed by atoms with E-state index >= 15 is 0 Å². The molecule has 2 heterocycles. The number of H-pyrrole nitrogens is 1. The van der Waals surface area contributed by atoms with Crippen LogP contribution in [0.5, 0.6) is 11.5 Å². The molecule has 3 aromatic rings. The Morgan fingerprint density at radius 3 is 2.29 bits per heavy atom. The maximum atomic E-state index is 5.47. The summed E-state index contributed by atoms with van der Waals surface area (Å²) in [6.45, 7) is 6.67. The molecular weight excluding hydrogens is 350 g/mol. The van der Waals surface area contributed by atoms with E-state index in [4.69, 9.17) is 9.47 Å². The van der Waals surface area contributed by atoms with Crippen LogP contribution in [0.3, 0.4) is 0 Å². The Balaban J connectivity index is 1.33. The molecule has 28 heavy (non-hydrogen) atoms. The number of nitrogens with zero attached hydrogens (tertiary/aromatic N) is 2. The van der Waals surface area contributed by atoms with Crippen LogP contribution in [0.1, 0.15) is 11.1 Å². The van der Waals surface area contributed by atoms with Crippen LogP contribution in [0.15, 0.2) is 48.7 Å². The zero-order valence-electron chi connectivity index (χ0n) is 16.8. The molecule has 0 atom stereocenters. The molecule has 0 spiro atoms. The van der Waals surface area contributed by atoms with Crippen molar-refractivity contribution in [3.8, 4) is 11.5 Å². The molecule has 148 valence electrons. The van der Waals surface area contributed by atoms with Gasteiger partial charge in [-0.25, -0.2) is 0 Å². The number of benzene rings is 2. The summed E-state index contributed by atoms with van der Waals surface area (Å²) < 4.78 is 10.9. The highest BCUT2D eigenvalue weighted by Gasteiger charge is 2.17. The van der Waals surface area contributed by atoms with E-state index < -0.39 is 0 Å². The van der Waals surface area contributed by atoms with Crippen molar-refractivity contribution in [2.75, 3.05) is 46.9 Å². The largest absolute Gasteiger partial charge is 0.493 e. The molecule has 1 fully saturated rings. The lowest BCUT2D eigenvalue weighted by Crippen LogP contribution is -2.46. The molecule has 0 aliphatic carbocycles. The van der Waals surface area contributed by atoms with Gasteiger partial charge in [-0.1, -0.05) is 30.3 Å². The highest BCUT2D eigenvalue weighted by molar-refractivity contribution is 5.86. The van der Waals surface area contributed by atoms with Gasteiger partial charge in [-0.05, 0) is 23.6 Å². The molecule has 1 N–H and O–H groups in total. The third-order valence-electron chi connectivity index (χ3n) is 5.68. The van der Waals surface area contributed by atoms with E-state index in [9.17, 15) is 0 Å². The minimum absolute atomic E-state index is 0.762. The fourth-order valence-corrected chi connectivity index (χ4v) is 4.00. The maximum Gasteiger partial charge on any atom is 0.162 e. The first kappa shape index (κ1) is 18.8. The molecule has 1 aliphatic rings. The molecule has 0 bridgehead atoms. The predicted octanol–water partition coefficient (Wildman–Crippen LogP) is 3.55. The summed E-state index contributed by atoms with van der Waals surface area (Å²) in [5.41, 5.74) is 3.84. The zero-order chi connectivity index (χ0) is 19.3. The number of fused-ring (bicyclic) bond motifs is 1. The molecule has 0 amide bonds. The Bertz CT molecular complexity index is 899. The lowest BCUT2D eigenvalue weighted by Gasteiger charge is -2.34. The molecule has 0 unspecified atom stereocenters. The van der Waals surface area contributed by atoms with Gasteiger partial charge in [-0.3, -0.25) is 4.90 Å². The van der Waals surface area contributed by atoms with Crippen LogP contribution in [0.25, 0.3) is 10.9 Å². The number of aromatic nitrogens is 1. The van der Waals surface area contributed by atoms with E-state index in [0.717, 1.165) is 62.7 Å². The first-order chi connectivity index (χ1) is 13.8. The molecular formula is C23H29N3O2. The molecule has 4 rings (SSSR count). The van der Waals surface area contributed by atoms with Crippen molar-refractivity contribution in [1.29, 1.82) is 0 Å². The summed E-state index contributed by atoms with van der Waals surface area (Å²) in [5.74, 6) is 1.54. The number of aromatic amines is 1. The molecule has 5 heteroatoms. The molecule has 1 aromatic heterocycles. The van der Waals surface area contributed by atoms with Crippen LogP contribution in [0, 0.1) is 0 Å². The second kappa shape index (κ2) is 8.67. The smallest absolute Gasteiger partial charge is 0.162 e. The summed E-state index contributed by atoms with van der Waals surface area (Å²) in [4.78, 5) is 8.49. The zero-order valence-corrected chi connectivity index (χ0v) is 16.8. The van der Waals surface area contributed by atoms with E-state index in [-0.39, 0.29) is 0 Å². The maximum absolute atomic E-state index is 5.47. The lowest BCUT2D eigenvalue weighted by molar-refractivity contribution is 0.128. The van der Waals surface area contributed by atoms with Gasteiger partial charge in [0.25, 0.3) is 0 Å². The van der Waals surface area contributed by atoms with Gasteiger partial charge in [0.15, 0.2) is 11.5 Å². The van der Waals surface area contributed by atoms with Gasteiger partial charge in [0.2, 0.25) is 0 Å². The van der Waals surface area contributed by atoms with Crippen molar-refractivity contribution < 1.29 is 9.47 Å². The van der Waals surface area contributed by atoms with Crippen molar-refractivity contribution in [2.45, 2.75) is 13.0 Å². The highest BCUT2D eigenvalue weighted by atomic mass is 16.5. The van der Waals surface area contributed by atoms with E-state index in [0.29, 0.717) is 0 Å². The van der Waals surface area contributed by atoms with Crippen LogP contribution in [-0.2, 0) is 13.0 Å². The lowest BCUT2D eigenvalue weighted by atomic mass is 10.1. The summed E-state index contributed by atoms with van der Waals surface area (Å²) in [6, 6.07) is 14.9. The summed E-state index contributed by atoms with van der Waals surface area (Å²) in [5, 5.41) is 1.22. The van der Waals surface area contributed by atoms with E-state index in [1.165, 1.54) is 16.5 Å². The molecule has 1 saturated heterocycles. The Morgan fingerprint density at radius 1 is 0.893 bits per heavy atom. The Kier molecular flexibility index (Phi) is 5.84.